The summed E-state index contributed by atoms with van der Waals surface area (Å²) in [6, 6.07) is 5.07. The maximum Gasteiger partial charge on any atom is 0.238 e. The molecule has 0 spiro atoms. The SMILES string of the molecule is CCN(CC(=O)Nc1c(Cl)cccc1Cl)CC1(CO)COC1. The van der Waals surface area contributed by atoms with Crippen LogP contribution >= 0.6 is 23.2 Å². The molecule has 0 atom stereocenters. The van der Waals surface area contributed by atoms with Crippen LogP contribution in [0.2, 0.25) is 10.0 Å². The van der Waals surface area contributed by atoms with E-state index in [0.717, 1.165) is 0 Å². The predicted octanol–water partition coefficient (Wildman–Crippen LogP) is 2.26. The van der Waals surface area contributed by atoms with Crippen molar-refractivity contribution in [1.29, 1.82) is 0 Å². The lowest BCUT2D eigenvalue weighted by Crippen LogP contribution is -2.54. The van der Waals surface area contributed by atoms with Gasteiger partial charge >= 0.3 is 0 Å². The van der Waals surface area contributed by atoms with Crippen LogP contribution in [0.3, 0.4) is 0 Å². The molecule has 1 aliphatic rings. The number of aliphatic hydroxyl groups is 1. The second-order valence-corrected chi connectivity index (χ2v) is 6.41. The van der Waals surface area contributed by atoms with Gasteiger partial charge in [-0.2, -0.15) is 0 Å². The molecule has 0 radical (unpaired) electrons. The van der Waals surface area contributed by atoms with E-state index in [4.69, 9.17) is 27.9 Å². The third-order valence-electron chi connectivity index (χ3n) is 3.75. The molecule has 0 aromatic heterocycles. The number of carbonyl (C=O) groups is 1. The lowest BCUT2D eigenvalue weighted by Gasteiger charge is -2.42. The number of nitrogens with zero attached hydrogens (tertiary/aromatic N) is 1. The van der Waals surface area contributed by atoms with E-state index in [1.54, 1.807) is 18.2 Å². The van der Waals surface area contributed by atoms with Crippen molar-refractivity contribution in [2.75, 3.05) is 44.8 Å². The third kappa shape index (κ3) is 4.12. The fraction of sp³-hybridized carbons (Fsp3) is 0.533. The minimum Gasteiger partial charge on any atom is -0.396 e. The average Bonchev–Trinajstić information content (AvgIpc) is 2.45. The summed E-state index contributed by atoms with van der Waals surface area (Å²) in [5, 5.41) is 13.0. The van der Waals surface area contributed by atoms with Crippen molar-refractivity contribution >= 4 is 34.8 Å². The van der Waals surface area contributed by atoms with Gasteiger partial charge in [-0.05, 0) is 18.7 Å². The monoisotopic (exact) mass is 346 g/mol. The summed E-state index contributed by atoms with van der Waals surface area (Å²) in [7, 11) is 0. The van der Waals surface area contributed by atoms with Crippen LogP contribution in [0.25, 0.3) is 0 Å². The number of anilines is 1. The summed E-state index contributed by atoms with van der Waals surface area (Å²) in [6.07, 6.45) is 0. The summed E-state index contributed by atoms with van der Waals surface area (Å²) in [5.41, 5.74) is 0.175. The maximum absolute atomic E-state index is 12.2. The Bertz CT molecular complexity index is 510. The summed E-state index contributed by atoms with van der Waals surface area (Å²) in [6.45, 7) is 4.60. The van der Waals surface area contributed by atoms with Crippen LogP contribution in [-0.4, -0.2) is 55.4 Å². The number of carbonyl (C=O) groups excluding carboxylic acids is 1. The number of hydrogen-bond acceptors (Lipinski definition) is 4. The molecule has 0 unspecified atom stereocenters. The van der Waals surface area contributed by atoms with Crippen molar-refractivity contribution in [2.45, 2.75) is 6.92 Å². The first-order valence-electron chi connectivity index (χ1n) is 7.14. The first-order valence-corrected chi connectivity index (χ1v) is 7.90. The number of aliphatic hydroxyl groups excluding tert-OH is 1. The zero-order valence-electron chi connectivity index (χ0n) is 12.4. The summed E-state index contributed by atoms with van der Waals surface area (Å²) >= 11 is 12.1. The van der Waals surface area contributed by atoms with Gasteiger partial charge in [0, 0.05) is 6.54 Å². The Hall–Kier alpha value is -0.850. The molecule has 5 nitrogen and oxygen atoms in total. The van der Waals surface area contributed by atoms with Crippen LogP contribution < -0.4 is 5.32 Å². The van der Waals surface area contributed by atoms with Gasteiger partial charge in [-0.1, -0.05) is 36.2 Å². The largest absolute Gasteiger partial charge is 0.396 e. The van der Waals surface area contributed by atoms with Gasteiger partial charge in [-0.3, -0.25) is 9.69 Å². The van der Waals surface area contributed by atoms with Crippen molar-refractivity contribution in [3.63, 3.8) is 0 Å². The number of likely N-dealkylation sites (N-methyl/N-ethyl adjacent to an activating group) is 1. The molecule has 1 heterocycles. The van der Waals surface area contributed by atoms with Crippen LogP contribution in [0.5, 0.6) is 0 Å². The molecule has 22 heavy (non-hydrogen) atoms. The average molecular weight is 347 g/mol. The highest BCUT2D eigenvalue weighted by Gasteiger charge is 2.39. The molecule has 1 aliphatic heterocycles. The van der Waals surface area contributed by atoms with E-state index in [9.17, 15) is 9.90 Å². The van der Waals surface area contributed by atoms with Gasteiger partial charge in [0.15, 0.2) is 0 Å². The minimum absolute atomic E-state index is 0.0570. The molecular formula is C15H20Cl2N2O3. The van der Waals surface area contributed by atoms with Gasteiger partial charge in [0.1, 0.15) is 0 Å². The smallest absolute Gasteiger partial charge is 0.238 e. The Morgan fingerprint density at radius 3 is 2.50 bits per heavy atom. The number of hydrogen-bond donors (Lipinski definition) is 2. The van der Waals surface area contributed by atoms with E-state index in [0.29, 0.717) is 42.0 Å². The van der Waals surface area contributed by atoms with Crippen molar-refractivity contribution in [3.05, 3.63) is 28.2 Å². The van der Waals surface area contributed by atoms with Crippen LogP contribution in [0.1, 0.15) is 6.92 Å². The topological polar surface area (TPSA) is 61.8 Å². The third-order valence-corrected chi connectivity index (χ3v) is 4.38. The molecule has 1 saturated heterocycles. The highest BCUT2D eigenvalue weighted by atomic mass is 35.5. The van der Waals surface area contributed by atoms with Crippen LogP contribution in [0.4, 0.5) is 5.69 Å². The van der Waals surface area contributed by atoms with Gasteiger partial charge in [-0.25, -0.2) is 0 Å². The molecule has 2 rings (SSSR count). The number of benzene rings is 1. The molecule has 7 heteroatoms. The summed E-state index contributed by atoms with van der Waals surface area (Å²) in [4.78, 5) is 14.2. The first kappa shape index (κ1) is 17.5. The molecule has 122 valence electrons. The highest BCUT2D eigenvalue weighted by Crippen LogP contribution is 2.30. The summed E-state index contributed by atoms with van der Waals surface area (Å²) < 4.78 is 5.18. The van der Waals surface area contributed by atoms with Crippen molar-refractivity contribution in [1.82, 2.24) is 4.90 Å². The number of ether oxygens (including phenoxy) is 1. The Balaban J connectivity index is 1.95. The summed E-state index contributed by atoms with van der Waals surface area (Å²) in [5.74, 6) is -0.190. The minimum atomic E-state index is -0.252. The molecule has 1 aromatic rings. The van der Waals surface area contributed by atoms with Crippen molar-refractivity contribution in [2.24, 2.45) is 5.41 Å². The Morgan fingerprint density at radius 2 is 2.05 bits per heavy atom. The van der Waals surface area contributed by atoms with Crippen LogP contribution in [-0.2, 0) is 9.53 Å². The Morgan fingerprint density at radius 1 is 1.41 bits per heavy atom. The normalized spacial score (nSPS) is 16.4. The molecule has 0 aliphatic carbocycles. The second-order valence-electron chi connectivity index (χ2n) is 5.60. The fourth-order valence-electron chi connectivity index (χ4n) is 2.38. The quantitative estimate of drug-likeness (QED) is 0.794. The number of para-hydroxylation sites is 1. The Labute approximate surface area is 140 Å². The van der Waals surface area contributed by atoms with Crippen LogP contribution in [0.15, 0.2) is 18.2 Å². The van der Waals surface area contributed by atoms with E-state index in [2.05, 4.69) is 5.32 Å². The number of halogens is 2. The number of rotatable bonds is 7. The fourth-order valence-corrected chi connectivity index (χ4v) is 2.87. The highest BCUT2D eigenvalue weighted by molar-refractivity contribution is 6.39. The van der Waals surface area contributed by atoms with E-state index in [1.165, 1.54) is 0 Å². The predicted molar refractivity (Wildman–Crippen MR) is 87.5 cm³/mol. The van der Waals surface area contributed by atoms with Gasteiger partial charge in [0.2, 0.25) is 5.91 Å². The van der Waals surface area contributed by atoms with E-state index in [1.807, 2.05) is 11.8 Å². The maximum atomic E-state index is 12.2. The van der Waals surface area contributed by atoms with E-state index >= 15 is 0 Å². The molecule has 1 amide bonds. The van der Waals surface area contributed by atoms with Crippen molar-refractivity contribution < 1.29 is 14.6 Å². The standard InChI is InChI=1S/C15H20Cl2N2O3/c1-2-19(7-15(8-20)9-22-10-15)6-13(21)18-14-11(16)4-3-5-12(14)17/h3-5,20H,2,6-10H2,1H3,(H,18,21). The molecule has 0 saturated carbocycles. The molecule has 1 aromatic carbocycles. The van der Waals surface area contributed by atoms with E-state index in [-0.39, 0.29) is 24.5 Å². The number of nitrogens with one attached hydrogen (secondary N) is 1. The van der Waals surface area contributed by atoms with Gasteiger partial charge in [0.25, 0.3) is 0 Å². The lowest BCUT2D eigenvalue weighted by molar-refractivity contribution is -0.149. The Kier molecular flexibility index (Phi) is 6.06. The zero-order chi connectivity index (χ0) is 16.2. The van der Waals surface area contributed by atoms with Gasteiger partial charge in [-0.15, -0.1) is 0 Å². The van der Waals surface area contributed by atoms with Crippen LogP contribution in [0, 0.1) is 5.41 Å². The van der Waals surface area contributed by atoms with Gasteiger partial charge in [0.05, 0.1) is 47.5 Å². The first-order chi connectivity index (χ1) is 10.5. The molecular weight excluding hydrogens is 327 g/mol. The lowest BCUT2D eigenvalue weighted by atomic mass is 9.86. The van der Waals surface area contributed by atoms with Crippen molar-refractivity contribution in [3.8, 4) is 0 Å². The van der Waals surface area contributed by atoms with Gasteiger partial charge < -0.3 is 15.2 Å². The zero-order valence-corrected chi connectivity index (χ0v) is 14.0. The molecule has 0 bridgehead atoms. The molecule has 2 N–H and O–H groups in total. The molecule has 1 fully saturated rings. The second kappa shape index (κ2) is 7.62. The number of amides is 1. The van der Waals surface area contributed by atoms with E-state index < -0.39 is 0 Å².